The Morgan fingerprint density at radius 2 is 1.95 bits per heavy atom. The standard InChI is InChI=1S/C14H9Cl2FN2O2/c15-6-4-7(12(20)8(16)5-6)13-18-10-3-1-2-9(17)11(10)14(21)19-13/h1-5,13,18,20H,(H,19,21). The largest absolute Gasteiger partial charge is 0.506 e. The van der Waals surface area contributed by atoms with E-state index in [1.165, 1.54) is 24.3 Å². The quantitative estimate of drug-likeness (QED) is 0.749. The number of hydrogen-bond acceptors (Lipinski definition) is 3. The molecule has 1 aliphatic rings. The molecule has 0 bridgehead atoms. The molecule has 3 rings (SSSR count). The molecule has 0 spiro atoms. The second-order valence-electron chi connectivity index (χ2n) is 4.54. The number of fused-ring (bicyclic) bond motifs is 1. The van der Waals surface area contributed by atoms with Gasteiger partial charge in [-0.05, 0) is 24.3 Å². The fraction of sp³-hybridized carbons (Fsp3) is 0.0714. The van der Waals surface area contributed by atoms with Crippen LogP contribution >= 0.6 is 23.2 Å². The average Bonchev–Trinajstić information content (AvgIpc) is 2.42. The van der Waals surface area contributed by atoms with E-state index in [-0.39, 0.29) is 16.3 Å². The lowest BCUT2D eigenvalue weighted by atomic mass is 10.0. The van der Waals surface area contributed by atoms with E-state index in [2.05, 4.69) is 10.6 Å². The first kappa shape index (κ1) is 14.0. The van der Waals surface area contributed by atoms with Crippen molar-refractivity contribution in [2.45, 2.75) is 6.17 Å². The van der Waals surface area contributed by atoms with Crippen LogP contribution in [-0.4, -0.2) is 11.0 Å². The van der Waals surface area contributed by atoms with Crippen LogP contribution in [0.1, 0.15) is 22.1 Å². The summed E-state index contributed by atoms with van der Waals surface area (Å²) in [6.45, 7) is 0. The van der Waals surface area contributed by atoms with Crippen LogP contribution in [0, 0.1) is 5.82 Å². The summed E-state index contributed by atoms with van der Waals surface area (Å²) < 4.78 is 13.7. The molecule has 2 aromatic rings. The molecule has 4 nitrogen and oxygen atoms in total. The molecule has 0 aliphatic carbocycles. The summed E-state index contributed by atoms with van der Waals surface area (Å²) in [5, 5.41) is 15.9. The molecule has 0 saturated carbocycles. The van der Waals surface area contributed by atoms with Crippen molar-refractivity contribution in [2.24, 2.45) is 0 Å². The van der Waals surface area contributed by atoms with Crippen molar-refractivity contribution < 1.29 is 14.3 Å². The first-order chi connectivity index (χ1) is 9.97. The molecule has 0 fully saturated rings. The maximum atomic E-state index is 13.7. The SMILES string of the molecule is O=C1NC(c2cc(Cl)cc(Cl)c2O)Nc2cccc(F)c21. The zero-order chi connectivity index (χ0) is 15.1. The van der Waals surface area contributed by atoms with Crippen LogP contribution in [0.15, 0.2) is 30.3 Å². The summed E-state index contributed by atoms with van der Waals surface area (Å²) in [5.41, 5.74) is 0.566. The van der Waals surface area contributed by atoms with Gasteiger partial charge in [0.1, 0.15) is 17.7 Å². The van der Waals surface area contributed by atoms with Gasteiger partial charge in [-0.2, -0.15) is 0 Å². The van der Waals surface area contributed by atoms with E-state index in [4.69, 9.17) is 23.2 Å². The minimum atomic E-state index is -0.761. The van der Waals surface area contributed by atoms with Gasteiger partial charge in [0.2, 0.25) is 0 Å². The van der Waals surface area contributed by atoms with Crippen LogP contribution < -0.4 is 10.6 Å². The van der Waals surface area contributed by atoms with Crippen LogP contribution in [0.2, 0.25) is 10.0 Å². The molecule has 7 heteroatoms. The molecule has 1 unspecified atom stereocenters. The predicted molar refractivity (Wildman–Crippen MR) is 78.4 cm³/mol. The average molecular weight is 327 g/mol. The van der Waals surface area contributed by atoms with Crippen molar-refractivity contribution in [3.63, 3.8) is 0 Å². The van der Waals surface area contributed by atoms with E-state index in [0.717, 1.165) is 0 Å². The van der Waals surface area contributed by atoms with E-state index in [0.29, 0.717) is 16.3 Å². The Balaban J connectivity index is 2.06. The normalized spacial score (nSPS) is 16.9. The van der Waals surface area contributed by atoms with Gasteiger partial charge in [0, 0.05) is 10.6 Å². The van der Waals surface area contributed by atoms with E-state index < -0.39 is 17.9 Å². The molecular formula is C14H9Cl2FN2O2. The highest BCUT2D eigenvalue weighted by molar-refractivity contribution is 6.35. The first-order valence-electron chi connectivity index (χ1n) is 6.01. The highest BCUT2D eigenvalue weighted by atomic mass is 35.5. The second-order valence-corrected chi connectivity index (χ2v) is 5.38. The zero-order valence-electron chi connectivity index (χ0n) is 10.5. The number of phenols is 1. The smallest absolute Gasteiger partial charge is 0.258 e. The lowest BCUT2D eigenvalue weighted by Gasteiger charge is -2.29. The summed E-state index contributed by atoms with van der Waals surface area (Å²) in [6.07, 6.45) is -0.761. The number of nitrogens with one attached hydrogen (secondary N) is 2. The third-order valence-corrected chi connectivity index (χ3v) is 3.69. The Labute approximate surface area is 129 Å². The topological polar surface area (TPSA) is 61.4 Å². The van der Waals surface area contributed by atoms with E-state index in [1.807, 2.05) is 0 Å². The zero-order valence-corrected chi connectivity index (χ0v) is 12.0. The minimum absolute atomic E-state index is 0.0681. The fourth-order valence-electron chi connectivity index (χ4n) is 2.23. The van der Waals surface area contributed by atoms with E-state index >= 15 is 0 Å². The third-order valence-electron chi connectivity index (χ3n) is 3.18. The van der Waals surface area contributed by atoms with Gasteiger partial charge in [-0.3, -0.25) is 4.79 Å². The van der Waals surface area contributed by atoms with Gasteiger partial charge in [0.25, 0.3) is 5.91 Å². The van der Waals surface area contributed by atoms with Crippen molar-refractivity contribution >= 4 is 34.8 Å². The van der Waals surface area contributed by atoms with Gasteiger partial charge < -0.3 is 15.7 Å². The van der Waals surface area contributed by atoms with Crippen molar-refractivity contribution in [3.8, 4) is 5.75 Å². The number of halogens is 3. The monoisotopic (exact) mass is 326 g/mol. The molecule has 0 saturated heterocycles. The highest BCUT2D eigenvalue weighted by Crippen LogP contribution is 2.37. The van der Waals surface area contributed by atoms with E-state index in [1.54, 1.807) is 6.07 Å². The van der Waals surface area contributed by atoms with Crippen molar-refractivity contribution in [3.05, 3.63) is 57.3 Å². The summed E-state index contributed by atoms with van der Waals surface area (Å²) in [6, 6.07) is 7.13. The number of anilines is 1. The van der Waals surface area contributed by atoms with Crippen LogP contribution in [-0.2, 0) is 0 Å². The maximum absolute atomic E-state index is 13.7. The number of amides is 1. The number of carbonyl (C=O) groups excluding carboxylic acids is 1. The molecule has 1 atom stereocenters. The first-order valence-corrected chi connectivity index (χ1v) is 6.77. The lowest BCUT2D eigenvalue weighted by Crippen LogP contribution is -2.39. The number of aromatic hydroxyl groups is 1. The maximum Gasteiger partial charge on any atom is 0.258 e. The fourth-order valence-corrected chi connectivity index (χ4v) is 2.74. The second kappa shape index (κ2) is 5.09. The van der Waals surface area contributed by atoms with Gasteiger partial charge >= 0.3 is 0 Å². The molecule has 0 radical (unpaired) electrons. The van der Waals surface area contributed by atoms with Gasteiger partial charge in [-0.1, -0.05) is 29.3 Å². The van der Waals surface area contributed by atoms with Crippen LogP contribution in [0.3, 0.4) is 0 Å². The van der Waals surface area contributed by atoms with Crippen molar-refractivity contribution in [2.75, 3.05) is 5.32 Å². The highest BCUT2D eigenvalue weighted by Gasteiger charge is 2.29. The molecule has 3 N–H and O–H groups in total. The Bertz CT molecular complexity index is 752. The molecule has 108 valence electrons. The molecule has 1 aliphatic heterocycles. The summed E-state index contributed by atoms with van der Waals surface area (Å²) in [4.78, 5) is 12.0. The summed E-state index contributed by atoms with van der Waals surface area (Å²) >= 11 is 11.8. The van der Waals surface area contributed by atoms with Crippen molar-refractivity contribution in [1.29, 1.82) is 0 Å². The van der Waals surface area contributed by atoms with Gasteiger partial charge in [-0.15, -0.1) is 0 Å². The van der Waals surface area contributed by atoms with Gasteiger partial charge in [0.15, 0.2) is 0 Å². The Morgan fingerprint density at radius 1 is 1.19 bits per heavy atom. The Kier molecular flexibility index (Phi) is 3.39. The van der Waals surface area contributed by atoms with Crippen LogP contribution in [0.5, 0.6) is 5.75 Å². The number of hydrogen-bond donors (Lipinski definition) is 3. The molecular weight excluding hydrogens is 318 g/mol. The minimum Gasteiger partial charge on any atom is -0.506 e. The third kappa shape index (κ3) is 2.39. The van der Waals surface area contributed by atoms with E-state index in [9.17, 15) is 14.3 Å². The Hall–Kier alpha value is -1.98. The number of rotatable bonds is 1. The predicted octanol–water partition coefficient (Wildman–Crippen LogP) is 3.69. The number of phenolic OH excluding ortho intramolecular Hbond substituents is 1. The molecule has 0 aromatic heterocycles. The number of carbonyl (C=O) groups is 1. The van der Waals surface area contributed by atoms with Crippen LogP contribution in [0.4, 0.5) is 10.1 Å². The van der Waals surface area contributed by atoms with Gasteiger partial charge in [-0.25, -0.2) is 4.39 Å². The lowest BCUT2D eigenvalue weighted by molar-refractivity contribution is 0.0931. The number of benzene rings is 2. The van der Waals surface area contributed by atoms with Gasteiger partial charge in [0.05, 0.1) is 16.3 Å². The van der Waals surface area contributed by atoms with Crippen molar-refractivity contribution in [1.82, 2.24) is 5.32 Å². The summed E-state index contributed by atoms with van der Waals surface area (Å²) in [7, 11) is 0. The molecule has 2 aromatic carbocycles. The van der Waals surface area contributed by atoms with Crippen LogP contribution in [0.25, 0.3) is 0 Å². The Morgan fingerprint density at radius 3 is 2.71 bits per heavy atom. The molecule has 1 amide bonds. The molecule has 1 heterocycles. The summed E-state index contributed by atoms with van der Waals surface area (Å²) in [5.74, 6) is -1.40. The molecule has 21 heavy (non-hydrogen) atoms.